The highest BCUT2D eigenvalue weighted by Crippen LogP contribution is 2.25. The van der Waals surface area contributed by atoms with E-state index in [1.807, 2.05) is 55.6 Å². The third-order valence-corrected chi connectivity index (χ3v) is 5.28. The summed E-state index contributed by atoms with van der Waals surface area (Å²) in [5.74, 6) is 0.190. The molecule has 0 fully saturated rings. The largest absolute Gasteiger partial charge is 0.364 e. The number of thioether (sulfide) groups is 1. The van der Waals surface area contributed by atoms with Gasteiger partial charge in [-0.1, -0.05) is 53.8 Å². The van der Waals surface area contributed by atoms with E-state index >= 15 is 0 Å². The third kappa shape index (κ3) is 4.79. The second-order valence-corrected chi connectivity index (χ2v) is 7.37. The van der Waals surface area contributed by atoms with Crippen molar-refractivity contribution in [1.82, 2.24) is 9.88 Å². The van der Waals surface area contributed by atoms with Crippen LogP contribution in [0.3, 0.4) is 0 Å². The Morgan fingerprint density at radius 3 is 2.68 bits per heavy atom. The molecule has 22 heavy (non-hydrogen) atoms. The monoisotopic (exact) mass is 351 g/mol. The number of carbonyl (C=O) groups excluding carboxylic acids is 1. The molecule has 0 atom stereocenters. The Kier molecular flexibility index (Phi) is 5.93. The van der Waals surface area contributed by atoms with Gasteiger partial charge >= 0.3 is 0 Å². The van der Waals surface area contributed by atoms with Crippen molar-refractivity contribution in [2.45, 2.75) is 6.92 Å². The van der Waals surface area contributed by atoms with Crippen LogP contribution in [-0.4, -0.2) is 40.0 Å². The van der Waals surface area contributed by atoms with Crippen molar-refractivity contribution in [3.8, 4) is 11.3 Å². The average molecular weight is 352 g/mol. The predicted molar refractivity (Wildman–Crippen MR) is 99.7 cm³/mol. The van der Waals surface area contributed by atoms with Gasteiger partial charge < -0.3 is 10.2 Å². The van der Waals surface area contributed by atoms with Gasteiger partial charge in [-0.3, -0.25) is 4.79 Å². The topological polar surface area (TPSA) is 45.2 Å². The number of amides is 1. The quantitative estimate of drug-likeness (QED) is 0.852. The molecule has 0 aliphatic carbocycles. The number of hydrogen-bond donors (Lipinski definition) is 1. The normalized spacial score (nSPS) is 10.3. The van der Waals surface area contributed by atoms with E-state index < -0.39 is 0 Å². The summed E-state index contributed by atoms with van der Waals surface area (Å²) >= 11 is 7.90. The highest BCUT2D eigenvalue weighted by molar-refractivity contribution is 8.23. The molecule has 0 spiro atoms. The van der Waals surface area contributed by atoms with Gasteiger partial charge in [-0.25, -0.2) is 4.98 Å². The van der Waals surface area contributed by atoms with Gasteiger partial charge in [0.15, 0.2) is 5.13 Å². The average Bonchev–Trinajstić information content (AvgIpc) is 2.93. The van der Waals surface area contributed by atoms with Crippen LogP contribution in [0.25, 0.3) is 11.3 Å². The third-order valence-electron chi connectivity index (χ3n) is 2.79. The number of benzene rings is 1. The summed E-state index contributed by atoms with van der Waals surface area (Å²) in [6.45, 7) is 2.05. The van der Waals surface area contributed by atoms with Crippen LogP contribution in [0.5, 0.6) is 0 Å². The van der Waals surface area contributed by atoms with Gasteiger partial charge in [0.25, 0.3) is 0 Å². The minimum Gasteiger partial charge on any atom is -0.364 e. The fourth-order valence-electron chi connectivity index (χ4n) is 1.60. The molecule has 1 N–H and O–H groups in total. The number of carbonyl (C=O) groups is 1. The SMILES string of the molecule is Cc1ccc(-c2csc(NC(=O)CSC(=S)N(C)C)n2)cc1. The molecule has 0 aliphatic rings. The molecule has 1 heterocycles. The van der Waals surface area contributed by atoms with Crippen molar-refractivity contribution in [2.75, 3.05) is 25.2 Å². The fourth-order valence-corrected chi connectivity index (χ4v) is 3.10. The molecular formula is C15H17N3OS3. The van der Waals surface area contributed by atoms with E-state index in [0.29, 0.717) is 9.45 Å². The van der Waals surface area contributed by atoms with Crippen LogP contribution >= 0.6 is 35.3 Å². The number of nitrogens with one attached hydrogen (secondary N) is 1. The molecule has 1 aromatic heterocycles. The van der Waals surface area contributed by atoms with Gasteiger partial charge in [-0.15, -0.1) is 11.3 Å². The lowest BCUT2D eigenvalue weighted by molar-refractivity contribution is -0.113. The zero-order chi connectivity index (χ0) is 16.1. The highest BCUT2D eigenvalue weighted by atomic mass is 32.2. The number of anilines is 1. The van der Waals surface area contributed by atoms with Crippen molar-refractivity contribution >= 4 is 50.7 Å². The lowest BCUT2D eigenvalue weighted by atomic mass is 10.1. The van der Waals surface area contributed by atoms with Crippen LogP contribution in [-0.2, 0) is 4.79 Å². The van der Waals surface area contributed by atoms with Gasteiger partial charge in [0.05, 0.1) is 11.4 Å². The molecule has 0 saturated heterocycles. The first-order chi connectivity index (χ1) is 10.5. The molecule has 0 bridgehead atoms. The van der Waals surface area contributed by atoms with E-state index in [1.54, 1.807) is 0 Å². The smallest absolute Gasteiger partial charge is 0.236 e. The number of rotatable bonds is 4. The Bertz CT molecular complexity index is 665. The molecular weight excluding hydrogens is 334 g/mol. The van der Waals surface area contributed by atoms with Gasteiger partial charge in [-0.2, -0.15) is 0 Å². The molecule has 0 radical (unpaired) electrons. The first kappa shape index (κ1) is 16.9. The van der Waals surface area contributed by atoms with E-state index in [1.165, 1.54) is 28.7 Å². The standard InChI is InChI=1S/C15H17N3OS3/c1-10-4-6-11(7-5-10)12-8-21-14(16-12)17-13(19)9-22-15(20)18(2)3/h4-8H,9H2,1-3H3,(H,16,17,19). The molecule has 4 nitrogen and oxygen atoms in total. The number of hydrogen-bond acceptors (Lipinski definition) is 5. The zero-order valence-corrected chi connectivity index (χ0v) is 15.1. The van der Waals surface area contributed by atoms with E-state index in [9.17, 15) is 4.79 Å². The van der Waals surface area contributed by atoms with Crippen molar-refractivity contribution in [2.24, 2.45) is 0 Å². The maximum atomic E-state index is 11.9. The Labute approximate surface area is 143 Å². The molecule has 0 saturated carbocycles. The highest BCUT2D eigenvalue weighted by Gasteiger charge is 2.10. The summed E-state index contributed by atoms with van der Waals surface area (Å²) in [5.41, 5.74) is 3.13. The minimum atomic E-state index is -0.0981. The lowest BCUT2D eigenvalue weighted by Crippen LogP contribution is -2.20. The molecule has 0 aliphatic heterocycles. The van der Waals surface area contributed by atoms with Gasteiger partial charge in [0.1, 0.15) is 4.32 Å². The van der Waals surface area contributed by atoms with E-state index in [4.69, 9.17) is 12.2 Å². The number of thiocarbonyl (C=S) groups is 1. The van der Waals surface area contributed by atoms with E-state index in [0.717, 1.165) is 11.3 Å². The maximum absolute atomic E-state index is 11.9. The molecule has 7 heteroatoms. The Morgan fingerprint density at radius 2 is 2.05 bits per heavy atom. The second kappa shape index (κ2) is 7.71. The number of thiazole rings is 1. The summed E-state index contributed by atoms with van der Waals surface area (Å²) in [6, 6.07) is 8.15. The summed E-state index contributed by atoms with van der Waals surface area (Å²) in [4.78, 5) is 18.1. The van der Waals surface area contributed by atoms with Crippen molar-refractivity contribution in [1.29, 1.82) is 0 Å². The number of nitrogens with zero attached hydrogens (tertiary/aromatic N) is 2. The van der Waals surface area contributed by atoms with Crippen molar-refractivity contribution in [3.63, 3.8) is 0 Å². The van der Waals surface area contributed by atoms with Gasteiger partial charge in [0.2, 0.25) is 5.91 Å². The van der Waals surface area contributed by atoms with Crippen LogP contribution < -0.4 is 5.32 Å². The number of aryl methyl sites for hydroxylation is 1. The summed E-state index contributed by atoms with van der Waals surface area (Å²) in [6.07, 6.45) is 0. The van der Waals surface area contributed by atoms with Crippen LogP contribution in [0.2, 0.25) is 0 Å². The maximum Gasteiger partial charge on any atom is 0.236 e. The molecule has 0 unspecified atom stereocenters. The van der Waals surface area contributed by atoms with Gasteiger partial charge in [0, 0.05) is 25.0 Å². The first-order valence-electron chi connectivity index (χ1n) is 6.62. The second-order valence-electron chi connectivity index (χ2n) is 4.90. The lowest BCUT2D eigenvalue weighted by Gasteiger charge is -2.11. The minimum absolute atomic E-state index is 0.0981. The molecule has 2 rings (SSSR count). The molecule has 116 valence electrons. The Morgan fingerprint density at radius 1 is 1.36 bits per heavy atom. The molecule has 1 aromatic carbocycles. The summed E-state index contributed by atoms with van der Waals surface area (Å²) in [5, 5.41) is 5.36. The zero-order valence-electron chi connectivity index (χ0n) is 12.6. The van der Waals surface area contributed by atoms with Crippen LogP contribution in [0.4, 0.5) is 5.13 Å². The number of aromatic nitrogens is 1. The van der Waals surface area contributed by atoms with Crippen LogP contribution in [0.15, 0.2) is 29.6 Å². The van der Waals surface area contributed by atoms with Gasteiger partial charge in [-0.05, 0) is 6.92 Å². The molecule has 2 aromatic rings. The molecule has 1 amide bonds. The van der Waals surface area contributed by atoms with Crippen LogP contribution in [0, 0.1) is 6.92 Å². The predicted octanol–water partition coefficient (Wildman–Crippen LogP) is 3.64. The Balaban J connectivity index is 1.93. The first-order valence-corrected chi connectivity index (χ1v) is 8.89. The summed E-state index contributed by atoms with van der Waals surface area (Å²) in [7, 11) is 3.73. The fraction of sp³-hybridized carbons (Fsp3) is 0.267. The summed E-state index contributed by atoms with van der Waals surface area (Å²) < 4.78 is 0.689. The Hall–Kier alpha value is -1.44. The van der Waals surface area contributed by atoms with E-state index in [-0.39, 0.29) is 11.7 Å². The van der Waals surface area contributed by atoms with E-state index in [2.05, 4.69) is 10.3 Å². The van der Waals surface area contributed by atoms with Crippen molar-refractivity contribution in [3.05, 3.63) is 35.2 Å². The van der Waals surface area contributed by atoms with Crippen molar-refractivity contribution < 1.29 is 4.79 Å². The van der Waals surface area contributed by atoms with Crippen LogP contribution in [0.1, 0.15) is 5.56 Å².